The number of thiazole rings is 1. The third-order valence-corrected chi connectivity index (χ3v) is 6.09. The number of hydrogen-bond acceptors (Lipinski definition) is 7. The molecule has 0 saturated heterocycles. The monoisotopic (exact) mass is 435 g/mol. The minimum absolute atomic E-state index is 0.0668. The van der Waals surface area contributed by atoms with E-state index < -0.39 is 0 Å². The summed E-state index contributed by atoms with van der Waals surface area (Å²) in [6, 6.07) is 17.5. The highest BCUT2D eigenvalue weighted by molar-refractivity contribution is 7.98. The largest absolute Gasteiger partial charge is 0.370 e. The molecule has 4 rings (SSSR count). The van der Waals surface area contributed by atoms with Gasteiger partial charge in [-0.3, -0.25) is 9.69 Å². The highest BCUT2D eigenvalue weighted by Crippen LogP contribution is 2.31. The Hall–Kier alpha value is -2.97. The number of thioether (sulfide) groups is 1. The average molecular weight is 436 g/mol. The number of nitrogens with zero attached hydrogens (tertiary/aromatic N) is 4. The van der Waals surface area contributed by atoms with Crippen LogP contribution in [0.1, 0.15) is 19.5 Å². The van der Waals surface area contributed by atoms with E-state index in [2.05, 4.69) is 20.3 Å². The van der Waals surface area contributed by atoms with E-state index in [4.69, 9.17) is 0 Å². The van der Waals surface area contributed by atoms with Crippen molar-refractivity contribution in [2.75, 3.05) is 16.8 Å². The van der Waals surface area contributed by atoms with Gasteiger partial charge in [-0.25, -0.2) is 15.0 Å². The maximum absolute atomic E-state index is 12.2. The van der Waals surface area contributed by atoms with Crippen LogP contribution in [0.25, 0.3) is 10.9 Å². The lowest BCUT2D eigenvalue weighted by Crippen LogP contribution is -2.22. The van der Waals surface area contributed by atoms with Crippen molar-refractivity contribution < 1.29 is 4.79 Å². The second-order valence-corrected chi connectivity index (χ2v) is 8.28. The predicted molar refractivity (Wildman–Crippen MR) is 125 cm³/mol. The summed E-state index contributed by atoms with van der Waals surface area (Å²) < 4.78 is 0. The van der Waals surface area contributed by atoms with Crippen molar-refractivity contribution in [2.45, 2.75) is 24.8 Å². The average Bonchev–Trinajstić information content (AvgIpc) is 3.21. The summed E-state index contributed by atoms with van der Waals surface area (Å²) in [7, 11) is 0. The van der Waals surface area contributed by atoms with E-state index in [0.717, 1.165) is 34.6 Å². The summed E-state index contributed by atoms with van der Waals surface area (Å²) in [5, 5.41) is 7.67. The molecule has 4 aromatic rings. The van der Waals surface area contributed by atoms with Crippen molar-refractivity contribution >= 4 is 56.5 Å². The van der Waals surface area contributed by atoms with Crippen molar-refractivity contribution in [1.82, 2.24) is 15.0 Å². The van der Waals surface area contributed by atoms with Gasteiger partial charge in [0, 0.05) is 30.0 Å². The number of carbonyl (C=O) groups is 1. The Kier molecular flexibility index (Phi) is 6.25. The molecular formula is C22H21N5OS2. The Morgan fingerprint density at radius 2 is 1.83 bits per heavy atom. The molecule has 0 unspecified atom stereocenters. The summed E-state index contributed by atoms with van der Waals surface area (Å²) in [5.74, 6) is 1.40. The summed E-state index contributed by atoms with van der Waals surface area (Å²) in [6.45, 7) is 4.39. The van der Waals surface area contributed by atoms with Gasteiger partial charge in [0.1, 0.15) is 5.82 Å². The number of benzene rings is 2. The number of hydrogen-bond donors (Lipinski definition) is 1. The zero-order valence-electron chi connectivity index (χ0n) is 16.7. The van der Waals surface area contributed by atoms with E-state index in [1.165, 1.54) is 23.1 Å². The third-order valence-electron chi connectivity index (χ3n) is 4.34. The fourth-order valence-electron chi connectivity index (χ4n) is 3.03. The zero-order chi connectivity index (χ0) is 20.9. The molecule has 0 fully saturated rings. The molecule has 0 aliphatic carbocycles. The van der Waals surface area contributed by atoms with Crippen molar-refractivity contribution in [3.05, 3.63) is 65.7 Å². The van der Waals surface area contributed by atoms with E-state index >= 15 is 0 Å². The summed E-state index contributed by atoms with van der Waals surface area (Å²) >= 11 is 2.99. The Bertz CT molecular complexity index is 1160. The Balaban J connectivity index is 1.54. The van der Waals surface area contributed by atoms with Crippen LogP contribution in [0.4, 0.5) is 16.6 Å². The molecule has 0 bridgehead atoms. The number of carbonyl (C=O) groups excluding carboxylic acids is 1. The van der Waals surface area contributed by atoms with E-state index in [-0.39, 0.29) is 5.91 Å². The summed E-state index contributed by atoms with van der Waals surface area (Å²) in [4.78, 5) is 27.9. The lowest BCUT2D eigenvalue weighted by atomic mass is 10.2. The second-order valence-electron chi connectivity index (χ2n) is 6.50. The van der Waals surface area contributed by atoms with Crippen molar-refractivity contribution in [1.29, 1.82) is 0 Å². The molecule has 1 N–H and O–H groups in total. The van der Waals surface area contributed by atoms with E-state index in [9.17, 15) is 4.79 Å². The van der Waals surface area contributed by atoms with Crippen molar-refractivity contribution in [2.24, 2.45) is 0 Å². The third kappa shape index (κ3) is 4.44. The van der Waals surface area contributed by atoms with Gasteiger partial charge in [-0.2, -0.15) is 0 Å². The van der Waals surface area contributed by atoms with Crippen LogP contribution >= 0.6 is 23.1 Å². The van der Waals surface area contributed by atoms with E-state index in [1.54, 1.807) is 11.8 Å². The van der Waals surface area contributed by atoms with Gasteiger partial charge in [0.05, 0.1) is 16.9 Å². The quantitative estimate of drug-likeness (QED) is 0.305. The number of para-hydroxylation sites is 2. The topological polar surface area (TPSA) is 71.0 Å². The highest BCUT2D eigenvalue weighted by atomic mass is 32.2. The first-order valence-electron chi connectivity index (χ1n) is 9.59. The van der Waals surface area contributed by atoms with Gasteiger partial charge in [0.25, 0.3) is 0 Å². The lowest BCUT2D eigenvalue weighted by molar-refractivity contribution is -0.115. The fraction of sp³-hybridized carbons (Fsp3) is 0.182. The van der Waals surface area contributed by atoms with Crippen LogP contribution in [-0.4, -0.2) is 27.4 Å². The van der Waals surface area contributed by atoms with Crippen LogP contribution in [0.3, 0.4) is 0 Å². The zero-order valence-corrected chi connectivity index (χ0v) is 18.3. The molecular weight excluding hydrogens is 414 g/mol. The Morgan fingerprint density at radius 3 is 2.60 bits per heavy atom. The Labute approximate surface area is 183 Å². The molecule has 0 aliphatic heterocycles. The first-order chi connectivity index (χ1) is 14.7. The number of amides is 1. The van der Waals surface area contributed by atoms with Gasteiger partial charge < -0.3 is 5.32 Å². The molecule has 0 radical (unpaired) electrons. The van der Waals surface area contributed by atoms with Crippen LogP contribution in [0.15, 0.2) is 65.1 Å². The first-order valence-corrected chi connectivity index (χ1v) is 11.5. The highest BCUT2D eigenvalue weighted by Gasteiger charge is 2.18. The minimum Gasteiger partial charge on any atom is -0.370 e. The van der Waals surface area contributed by atoms with Crippen molar-refractivity contribution in [3.8, 4) is 0 Å². The number of aromatic nitrogens is 3. The van der Waals surface area contributed by atoms with Crippen LogP contribution < -0.4 is 10.2 Å². The normalized spacial score (nSPS) is 10.9. The van der Waals surface area contributed by atoms with E-state index in [1.807, 2.05) is 66.9 Å². The van der Waals surface area contributed by atoms with Crippen LogP contribution in [-0.2, 0) is 10.5 Å². The second kappa shape index (κ2) is 9.23. The molecule has 2 aromatic carbocycles. The Morgan fingerprint density at radius 1 is 1.07 bits per heavy atom. The van der Waals surface area contributed by atoms with Gasteiger partial charge in [-0.05, 0) is 31.2 Å². The predicted octanol–water partition coefficient (Wildman–Crippen LogP) is 5.50. The maximum Gasteiger partial charge on any atom is 0.230 e. The number of rotatable bonds is 7. The molecule has 1 amide bonds. The van der Waals surface area contributed by atoms with Crippen LogP contribution in [0, 0.1) is 0 Å². The van der Waals surface area contributed by atoms with Gasteiger partial charge in [-0.15, -0.1) is 11.3 Å². The minimum atomic E-state index is -0.0668. The molecule has 0 atom stereocenters. The molecule has 6 nitrogen and oxygen atoms in total. The number of anilines is 3. The number of nitrogens with one attached hydrogen (secondary N) is 1. The molecule has 8 heteroatoms. The molecule has 30 heavy (non-hydrogen) atoms. The van der Waals surface area contributed by atoms with Gasteiger partial charge in [0.15, 0.2) is 10.3 Å². The van der Waals surface area contributed by atoms with E-state index in [0.29, 0.717) is 16.0 Å². The molecule has 0 saturated carbocycles. The smallest absolute Gasteiger partial charge is 0.230 e. The van der Waals surface area contributed by atoms with Gasteiger partial charge in [-0.1, -0.05) is 42.1 Å². The first kappa shape index (κ1) is 20.3. The van der Waals surface area contributed by atoms with Gasteiger partial charge >= 0.3 is 0 Å². The molecule has 0 spiro atoms. The fourth-order valence-corrected chi connectivity index (χ4v) is 4.77. The maximum atomic E-state index is 12.2. The summed E-state index contributed by atoms with van der Waals surface area (Å²) in [6.07, 6.45) is 0. The summed E-state index contributed by atoms with van der Waals surface area (Å²) in [5.41, 5.74) is 2.62. The molecule has 2 heterocycles. The molecule has 152 valence electrons. The molecule has 2 aromatic heterocycles. The van der Waals surface area contributed by atoms with Crippen LogP contribution in [0.5, 0.6) is 0 Å². The number of fused-ring (bicyclic) bond motifs is 1. The molecule has 0 aliphatic rings. The van der Waals surface area contributed by atoms with Gasteiger partial charge in [0.2, 0.25) is 5.91 Å². The standard InChI is InChI=1S/C22H21N5OS2/c1-3-23-20-18-11-7-8-12-19(18)25-21(26-20)29-13-16-14-30-22(24-16)27(15(2)28)17-9-5-4-6-10-17/h4-12,14H,3,13H2,1-2H3,(H,23,25,26). The van der Waals surface area contributed by atoms with Crippen LogP contribution in [0.2, 0.25) is 0 Å². The SMILES string of the molecule is CCNc1nc(SCc2csc(N(C(C)=O)c3ccccc3)n2)nc2ccccc12. The lowest BCUT2D eigenvalue weighted by Gasteiger charge is -2.17. The van der Waals surface area contributed by atoms with Crippen molar-refractivity contribution in [3.63, 3.8) is 0 Å².